The minimum Gasteiger partial charge on any atom is -0.487 e. The van der Waals surface area contributed by atoms with Gasteiger partial charge in [-0.2, -0.15) is 4.31 Å². The first kappa shape index (κ1) is 24.6. The van der Waals surface area contributed by atoms with Crippen molar-refractivity contribution in [3.05, 3.63) is 42.7 Å². The number of carbonyl (C=O) groups is 1. The first-order valence-electron chi connectivity index (χ1n) is 11.8. The molecule has 0 saturated heterocycles. The van der Waals surface area contributed by atoms with E-state index in [1.54, 1.807) is 49.5 Å². The van der Waals surface area contributed by atoms with E-state index in [4.69, 9.17) is 4.74 Å². The van der Waals surface area contributed by atoms with E-state index in [0.717, 1.165) is 24.0 Å². The van der Waals surface area contributed by atoms with Crippen LogP contribution in [0.15, 0.2) is 47.6 Å². The quantitative estimate of drug-likeness (QED) is 0.645. The number of carbonyl (C=O) groups excluding carboxylic acids is 1. The number of pyridine rings is 1. The number of sulfonamides is 1. The van der Waals surface area contributed by atoms with E-state index in [1.165, 1.54) is 4.31 Å². The molecular weight excluding hydrogens is 454 g/mol. The molecule has 4 rings (SSSR count). The van der Waals surface area contributed by atoms with Crippen molar-refractivity contribution in [3.63, 3.8) is 0 Å². The highest BCUT2D eigenvalue weighted by Crippen LogP contribution is 2.37. The van der Waals surface area contributed by atoms with Crippen LogP contribution in [-0.2, 0) is 14.8 Å². The fraction of sp³-hybridized carbons (Fsp3) is 0.520. The van der Waals surface area contributed by atoms with Crippen LogP contribution < -0.4 is 4.74 Å². The predicted molar refractivity (Wildman–Crippen MR) is 129 cm³/mol. The molecule has 184 valence electrons. The highest BCUT2D eigenvalue weighted by molar-refractivity contribution is 7.89. The number of aromatic nitrogens is 1. The topological polar surface area (TPSA) is 100 Å². The Morgan fingerprint density at radius 2 is 2.06 bits per heavy atom. The fourth-order valence-electron chi connectivity index (χ4n) is 4.25. The number of fused-ring (bicyclic) bond motifs is 1. The van der Waals surface area contributed by atoms with Gasteiger partial charge in [-0.25, -0.2) is 8.42 Å². The van der Waals surface area contributed by atoms with Crippen molar-refractivity contribution in [2.45, 2.75) is 50.2 Å². The number of ether oxygens (including phenoxy) is 1. The molecule has 1 N–H and O–H groups in total. The van der Waals surface area contributed by atoms with E-state index >= 15 is 0 Å². The van der Waals surface area contributed by atoms with Gasteiger partial charge in [-0.3, -0.25) is 9.78 Å². The largest absolute Gasteiger partial charge is 0.487 e. The number of hydrogen-bond donors (Lipinski definition) is 1. The average molecular weight is 488 g/mol. The van der Waals surface area contributed by atoms with Gasteiger partial charge in [0.25, 0.3) is 0 Å². The maximum atomic E-state index is 13.6. The molecule has 1 aromatic carbocycles. The van der Waals surface area contributed by atoms with Crippen molar-refractivity contribution in [2.75, 3.05) is 26.7 Å². The van der Waals surface area contributed by atoms with Gasteiger partial charge in [0.05, 0.1) is 13.2 Å². The van der Waals surface area contributed by atoms with Crippen molar-refractivity contribution in [2.24, 2.45) is 11.8 Å². The third-order valence-corrected chi connectivity index (χ3v) is 8.72. The molecule has 3 atom stereocenters. The Kier molecular flexibility index (Phi) is 7.25. The standard InChI is InChI=1S/C25H33N3O5S/c1-17-14-28(18(2)16-29)34(31,32)24-9-8-20(21-5-4-10-26-13-21)12-22(24)33-23(17)15-27(3)25(30)11-19-6-7-19/h4-5,8-10,12-13,17-19,23,29H,6-7,11,14-16H2,1-3H3/t17-,18+,23-/m0/s1. The van der Waals surface area contributed by atoms with Crippen LogP contribution in [0.25, 0.3) is 11.1 Å². The summed E-state index contributed by atoms with van der Waals surface area (Å²) in [6, 6.07) is 8.15. The highest BCUT2D eigenvalue weighted by atomic mass is 32.2. The van der Waals surface area contributed by atoms with Crippen LogP contribution in [0.4, 0.5) is 0 Å². The molecule has 1 aromatic heterocycles. The van der Waals surface area contributed by atoms with Crippen LogP contribution in [0.2, 0.25) is 0 Å². The number of benzene rings is 1. The monoisotopic (exact) mass is 487 g/mol. The van der Waals surface area contributed by atoms with Gasteiger partial charge in [0, 0.05) is 49.9 Å². The molecule has 2 aliphatic rings. The summed E-state index contributed by atoms with van der Waals surface area (Å²) in [5.74, 6) is 0.601. The summed E-state index contributed by atoms with van der Waals surface area (Å²) in [6.07, 6.45) is 5.72. The molecule has 0 bridgehead atoms. The van der Waals surface area contributed by atoms with Gasteiger partial charge in [-0.15, -0.1) is 0 Å². The van der Waals surface area contributed by atoms with Crippen LogP contribution in [0.5, 0.6) is 5.75 Å². The molecule has 1 saturated carbocycles. The zero-order valence-corrected chi connectivity index (χ0v) is 20.7. The number of aliphatic hydroxyl groups excluding tert-OH is 1. The molecule has 0 unspecified atom stereocenters. The van der Waals surface area contributed by atoms with Crippen LogP contribution in [0.1, 0.15) is 33.1 Å². The second-order valence-corrected chi connectivity index (χ2v) is 11.4. The van der Waals surface area contributed by atoms with Gasteiger partial charge < -0.3 is 14.7 Å². The summed E-state index contributed by atoms with van der Waals surface area (Å²) < 4.78 is 34.9. The van der Waals surface area contributed by atoms with Gasteiger partial charge in [-0.1, -0.05) is 19.1 Å². The second-order valence-electron chi connectivity index (χ2n) is 9.56. The highest BCUT2D eigenvalue weighted by Gasteiger charge is 2.38. The van der Waals surface area contributed by atoms with Gasteiger partial charge >= 0.3 is 0 Å². The Hall–Kier alpha value is -2.49. The van der Waals surface area contributed by atoms with E-state index in [2.05, 4.69) is 4.98 Å². The molecule has 8 nitrogen and oxygen atoms in total. The summed E-state index contributed by atoms with van der Waals surface area (Å²) in [6.45, 7) is 3.86. The molecule has 9 heteroatoms. The van der Waals surface area contributed by atoms with E-state index in [9.17, 15) is 18.3 Å². The molecule has 1 aliphatic carbocycles. The van der Waals surface area contributed by atoms with Gasteiger partial charge in [0.2, 0.25) is 15.9 Å². The third kappa shape index (κ3) is 5.26. The number of likely N-dealkylation sites (N-methyl/N-ethyl adjacent to an activating group) is 1. The van der Waals surface area contributed by atoms with Gasteiger partial charge in [0.1, 0.15) is 16.7 Å². The average Bonchev–Trinajstić information content (AvgIpc) is 3.65. The Labute approximate surface area is 201 Å². The van der Waals surface area contributed by atoms with Crippen molar-refractivity contribution >= 4 is 15.9 Å². The molecule has 1 aliphatic heterocycles. The Balaban J connectivity index is 1.72. The van der Waals surface area contributed by atoms with E-state index < -0.39 is 22.2 Å². The number of rotatable bonds is 7. The molecule has 34 heavy (non-hydrogen) atoms. The normalized spacial score (nSPS) is 23.2. The number of nitrogens with zero attached hydrogens (tertiary/aromatic N) is 3. The molecular formula is C25H33N3O5S. The first-order chi connectivity index (χ1) is 16.2. The van der Waals surface area contributed by atoms with Gasteiger partial charge in [-0.05, 0) is 49.4 Å². The Morgan fingerprint density at radius 3 is 2.71 bits per heavy atom. The van der Waals surface area contributed by atoms with Crippen molar-refractivity contribution in [1.82, 2.24) is 14.2 Å². The molecule has 1 amide bonds. The van der Waals surface area contributed by atoms with Crippen LogP contribution in [0, 0.1) is 11.8 Å². The van der Waals surface area contributed by atoms with Crippen molar-refractivity contribution in [3.8, 4) is 16.9 Å². The zero-order chi connectivity index (χ0) is 24.5. The third-order valence-electron chi connectivity index (χ3n) is 6.70. The molecule has 1 fully saturated rings. The summed E-state index contributed by atoms with van der Waals surface area (Å²) in [7, 11) is -2.13. The maximum Gasteiger partial charge on any atom is 0.247 e. The number of aliphatic hydroxyl groups is 1. The minimum atomic E-state index is -3.91. The SMILES string of the molecule is C[C@H](CO)N1C[C@H](C)[C@H](CN(C)C(=O)CC2CC2)Oc2cc(-c3cccnc3)ccc2S1(=O)=O. The van der Waals surface area contributed by atoms with E-state index in [0.29, 0.717) is 18.9 Å². The lowest BCUT2D eigenvalue weighted by Crippen LogP contribution is -2.50. The van der Waals surface area contributed by atoms with E-state index in [1.807, 2.05) is 19.1 Å². The van der Waals surface area contributed by atoms with Crippen molar-refractivity contribution < 1.29 is 23.1 Å². The summed E-state index contributed by atoms with van der Waals surface area (Å²) in [5.41, 5.74) is 1.63. The number of hydrogen-bond acceptors (Lipinski definition) is 6. The van der Waals surface area contributed by atoms with Crippen LogP contribution >= 0.6 is 0 Å². The molecule has 2 aromatic rings. The summed E-state index contributed by atoms with van der Waals surface area (Å²) >= 11 is 0. The molecule has 0 spiro atoms. The van der Waals surface area contributed by atoms with Crippen molar-refractivity contribution in [1.29, 1.82) is 0 Å². The maximum absolute atomic E-state index is 13.6. The van der Waals surface area contributed by atoms with Gasteiger partial charge in [0.15, 0.2) is 0 Å². The smallest absolute Gasteiger partial charge is 0.247 e. The predicted octanol–water partition coefficient (Wildman–Crippen LogP) is 2.78. The zero-order valence-electron chi connectivity index (χ0n) is 19.9. The fourth-order valence-corrected chi connectivity index (χ4v) is 6.08. The lowest BCUT2D eigenvalue weighted by atomic mass is 10.0. The summed E-state index contributed by atoms with van der Waals surface area (Å²) in [5, 5.41) is 9.79. The molecule has 2 heterocycles. The summed E-state index contributed by atoms with van der Waals surface area (Å²) in [4.78, 5) is 18.6. The minimum absolute atomic E-state index is 0.0595. The van der Waals surface area contributed by atoms with Crippen LogP contribution in [-0.4, -0.2) is 72.5 Å². The molecule has 0 radical (unpaired) electrons. The first-order valence-corrected chi connectivity index (χ1v) is 13.2. The Morgan fingerprint density at radius 1 is 1.29 bits per heavy atom. The second kappa shape index (κ2) is 10.0. The van der Waals surface area contributed by atoms with Crippen LogP contribution in [0.3, 0.4) is 0 Å². The lowest BCUT2D eigenvalue weighted by Gasteiger charge is -2.37. The van der Waals surface area contributed by atoms with E-state index in [-0.39, 0.29) is 35.6 Å². The Bertz CT molecular complexity index is 1120. The number of amides is 1. The lowest BCUT2D eigenvalue weighted by molar-refractivity contribution is -0.131.